The number of nitrogens with one attached hydrogen (secondary N) is 1. The lowest BCUT2D eigenvalue weighted by Gasteiger charge is -2.18. The maximum absolute atomic E-state index is 6.19. The molecule has 0 aliphatic carbocycles. The molecule has 1 unspecified atom stereocenters. The van der Waals surface area contributed by atoms with Crippen molar-refractivity contribution < 1.29 is 9.47 Å². The Kier molecular flexibility index (Phi) is 5.12. The average Bonchev–Trinajstić information content (AvgIpc) is 2.78. The number of methoxy groups -OCH3 is 2. The molecule has 3 N–H and O–H groups in total. The van der Waals surface area contributed by atoms with Crippen LogP contribution in [0.1, 0.15) is 17.2 Å². The highest BCUT2D eigenvalue weighted by Crippen LogP contribution is 2.38. The Bertz CT molecular complexity index is 582. The molecule has 0 spiro atoms. The van der Waals surface area contributed by atoms with Gasteiger partial charge < -0.3 is 9.47 Å². The Morgan fingerprint density at radius 1 is 1.10 bits per heavy atom. The van der Waals surface area contributed by atoms with Gasteiger partial charge >= 0.3 is 0 Å². The predicted molar refractivity (Wildman–Crippen MR) is 83.1 cm³/mol. The Morgan fingerprint density at radius 2 is 1.70 bits per heavy atom. The standard InChI is InChI=1S/C13H14Cl2N2O2S/c1-18-8-3-7(4-9(5-8)19-2)12(17-16)10-6-11(14)20-13(10)15/h3-6,12,17H,16H2,1-2H3. The number of nitrogens with two attached hydrogens (primary N) is 1. The first-order valence-electron chi connectivity index (χ1n) is 5.73. The second-order valence-corrected chi connectivity index (χ2v) is 6.31. The van der Waals surface area contributed by atoms with Crippen molar-refractivity contribution in [3.05, 3.63) is 44.1 Å². The second kappa shape index (κ2) is 6.65. The van der Waals surface area contributed by atoms with Crippen LogP contribution in [0.5, 0.6) is 11.5 Å². The van der Waals surface area contributed by atoms with E-state index in [2.05, 4.69) is 5.43 Å². The predicted octanol–water partition coefficient (Wildman–Crippen LogP) is 3.62. The van der Waals surface area contributed by atoms with Gasteiger partial charge in [0.15, 0.2) is 0 Å². The van der Waals surface area contributed by atoms with E-state index in [1.165, 1.54) is 11.3 Å². The molecule has 0 amide bonds. The molecule has 1 atom stereocenters. The zero-order valence-corrected chi connectivity index (χ0v) is 13.3. The maximum Gasteiger partial charge on any atom is 0.122 e. The zero-order valence-electron chi connectivity index (χ0n) is 10.9. The van der Waals surface area contributed by atoms with Gasteiger partial charge in [-0.15, -0.1) is 11.3 Å². The summed E-state index contributed by atoms with van der Waals surface area (Å²) in [6.07, 6.45) is 0. The minimum absolute atomic E-state index is 0.296. The first-order chi connectivity index (χ1) is 9.58. The molecule has 0 saturated carbocycles. The van der Waals surface area contributed by atoms with E-state index >= 15 is 0 Å². The number of benzene rings is 1. The fourth-order valence-electron chi connectivity index (χ4n) is 1.91. The Balaban J connectivity index is 2.48. The van der Waals surface area contributed by atoms with Gasteiger partial charge in [-0.1, -0.05) is 23.2 Å². The summed E-state index contributed by atoms with van der Waals surface area (Å²) in [6.45, 7) is 0. The topological polar surface area (TPSA) is 56.5 Å². The summed E-state index contributed by atoms with van der Waals surface area (Å²) in [5.41, 5.74) is 4.44. The van der Waals surface area contributed by atoms with Crippen LogP contribution in [0.4, 0.5) is 0 Å². The van der Waals surface area contributed by atoms with Gasteiger partial charge in [0, 0.05) is 11.6 Å². The molecule has 108 valence electrons. The molecule has 2 aromatic rings. The van der Waals surface area contributed by atoms with Gasteiger partial charge in [-0.05, 0) is 23.8 Å². The molecule has 0 bridgehead atoms. The smallest absolute Gasteiger partial charge is 0.122 e. The summed E-state index contributed by atoms with van der Waals surface area (Å²) in [6, 6.07) is 7.03. The number of hydrogen-bond acceptors (Lipinski definition) is 5. The molecule has 0 fully saturated rings. The van der Waals surface area contributed by atoms with Crippen molar-refractivity contribution in [3.63, 3.8) is 0 Å². The molecule has 1 heterocycles. The van der Waals surface area contributed by atoms with Crippen LogP contribution in [0.25, 0.3) is 0 Å². The summed E-state index contributed by atoms with van der Waals surface area (Å²) in [4.78, 5) is 0. The van der Waals surface area contributed by atoms with Gasteiger partial charge in [0.1, 0.15) is 11.5 Å². The largest absolute Gasteiger partial charge is 0.497 e. The van der Waals surface area contributed by atoms with E-state index in [1.807, 2.05) is 12.1 Å². The molecule has 4 nitrogen and oxygen atoms in total. The van der Waals surface area contributed by atoms with Crippen LogP contribution in [0.15, 0.2) is 24.3 Å². The summed E-state index contributed by atoms with van der Waals surface area (Å²) in [5, 5.41) is 0. The third-order valence-electron chi connectivity index (χ3n) is 2.87. The molecule has 1 aromatic heterocycles. The van der Waals surface area contributed by atoms with Crippen LogP contribution in [-0.4, -0.2) is 14.2 Å². The van der Waals surface area contributed by atoms with E-state index in [4.69, 9.17) is 38.5 Å². The van der Waals surface area contributed by atoms with E-state index in [0.717, 1.165) is 11.1 Å². The lowest BCUT2D eigenvalue weighted by molar-refractivity contribution is 0.392. The Morgan fingerprint density at radius 3 is 2.10 bits per heavy atom. The summed E-state index contributed by atoms with van der Waals surface area (Å²) >= 11 is 13.5. The van der Waals surface area contributed by atoms with Crippen molar-refractivity contribution in [1.82, 2.24) is 5.43 Å². The highest BCUT2D eigenvalue weighted by molar-refractivity contribution is 7.20. The molecule has 1 aromatic carbocycles. The molecule has 0 radical (unpaired) electrons. The maximum atomic E-state index is 6.19. The van der Waals surface area contributed by atoms with Crippen molar-refractivity contribution >= 4 is 34.5 Å². The number of hydrogen-bond donors (Lipinski definition) is 2. The zero-order chi connectivity index (χ0) is 14.7. The third kappa shape index (κ3) is 3.19. The highest BCUT2D eigenvalue weighted by atomic mass is 35.5. The molecule has 0 aliphatic rings. The molecular weight excluding hydrogens is 319 g/mol. The fraction of sp³-hybridized carbons (Fsp3) is 0.231. The van der Waals surface area contributed by atoms with Gasteiger partial charge in [-0.3, -0.25) is 5.84 Å². The van der Waals surface area contributed by atoms with Crippen molar-refractivity contribution in [2.24, 2.45) is 5.84 Å². The first-order valence-corrected chi connectivity index (χ1v) is 7.30. The van der Waals surface area contributed by atoms with Gasteiger partial charge in [0.05, 0.1) is 28.9 Å². The number of thiophene rings is 1. The third-order valence-corrected chi connectivity index (χ3v) is 4.39. The van der Waals surface area contributed by atoms with E-state index in [1.54, 1.807) is 26.4 Å². The Hall–Kier alpha value is -0.980. The summed E-state index contributed by atoms with van der Waals surface area (Å²) < 4.78 is 11.7. The second-order valence-electron chi connectivity index (χ2n) is 4.03. The Labute approximate surface area is 131 Å². The fourth-order valence-corrected chi connectivity index (χ4v) is 3.44. The lowest BCUT2D eigenvalue weighted by Crippen LogP contribution is -2.28. The van der Waals surface area contributed by atoms with E-state index in [-0.39, 0.29) is 6.04 Å². The number of ether oxygens (including phenoxy) is 2. The highest BCUT2D eigenvalue weighted by Gasteiger charge is 2.20. The number of halogens is 2. The minimum atomic E-state index is -0.296. The lowest BCUT2D eigenvalue weighted by atomic mass is 10.0. The molecule has 2 rings (SSSR count). The van der Waals surface area contributed by atoms with Crippen LogP contribution >= 0.6 is 34.5 Å². The van der Waals surface area contributed by atoms with Gasteiger partial charge in [0.2, 0.25) is 0 Å². The first kappa shape index (κ1) is 15.4. The minimum Gasteiger partial charge on any atom is -0.497 e. The number of rotatable bonds is 5. The quantitative estimate of drug-likeness (QED) is 0.648. The van der Waals surface area contributed by atoms with Gasteiger partial charge in [0.25, 0.3) is 0 Å². The molecule has 7 heteroatoms. The monoisotopic (exact) mass is 332 g/mol. The van der Waals surface area contributed by atoms with Crippen molar-refractivity contribution in [1.29, 1.82) is 0 Å². The van der Waals surface area contributed by atoms with E-state index in [9.17, 15) is 0 Å². The summed E-state index contributed by atoms with van der Waals surface area (Å²) in [5.74, 6) is 7.02. The van der Waals surface area contributed by atoms with E-state index < -0.39 is 0 Å². The van der Waals surface area contributed by atoms with Crippen LogP contribution < -0.4 is 20.7 Å². The molecule has 0 aliphatic heterocycles. The van der Waals surface area contributed by atoms with Crippen LogP contribution in [-0.2, 0) is 0 Å². The van der Waals surface area contributed by atoms with Crippen molar-refractivity contribution in [2.75, 3.05) is 14.2 Å². The average molecular weight is 333 g/mol. The normalized spacial score (nSPS) is 12.2. The van der Waals surface area contributed by atoms with Crippen LogP contribution in [0, 0.1) is 0 Å². The van der Waals surface area contributed by atoms with Gasteiger partial charge in [-0.2, -0.15) is 0 Å². The van der Waals surface area contributed by atoms with E-state index in [0.29, 0.717) is 20.2 Å². The summed E-state index contributed by atoms with van der Waals surface area (Å²) in [7, 11) is 3.19. The molecular formula is C13H14Cl2N2O2S. The molecule has 0 saturated heterocycles. The van der Waals surface area contributed by atoms with Crippen LogP contribution in [0.3, 0.4) is 0 Å². The van der Waals surface area contributed by atoms with Crippen molar-refractivity contribution in [2.45, 2.75) is 6.04 Å². The van der Waals surface area contributed by atoms with Gasteiger partial charge in [-0.25, -0.2) is 5.43 Å². The molecule has 20 heavy (non-hydrogen) atoms. The number of hydrazine groups is 1. The van der Waals surface area contributed by atoms with Crippen molar-refractivity contribution in [3.8, 4) is 11.5 Å². The SMILES string of the molecule is COc1cc(OC)cc(C(NN)c2cc(Cl)sc2Cl)c1. The van der Waals surface area contributed by atoms with Crippen LogP contribution in [0.2, 0.25) is 8.67 Å².